The molecule has 0 aliphatic rings. The van der Waals surface area contributed by atoms with Crippen molar-refractivity contribution in [3.8, 4) is 9.75 Å². The summed E-state index contributed by atoms with van der Waals surface area (Å²) in [4.78, 5) is 6.45. The Morgan fingerprint density at radius 2 is 1.75 bits per heavy atom. The van der Waals surface area contributed by atoms with Crippen LogP contribution in [-0.2, 0) is 0 Å². The molecule has 0 aromatic carbocycles. The molecule has 0 radical (unpaired) electrons. The monoisotopic (exact) mass is 438 g/mol. The fourth-order valence-electron chi connectivity index (χ4n) is 2.64. The van der Waals surface area contributed by atoms with E-state index in [0.29, 0.717) is 0 Å². The number of rotatable bonds is 8. The molecule has 0 bridgehead atoms. The van der Waals surface area contributed by atoms with Crippen molar-refractivity contribution in [1.29, 1.82) is 0 Å². The maximum absolute atomic E-state index is 3.78. The van der Waals surface area contributed by atoms with Gasteiger partial charge in [0.15, 0.2) is 0 Å². The van der Waals surface area contributed by atoms with E-state index in [1.807, 2.05) is 51.6 Å². The highest BCUT2D eigenvalue weighted by Crippen LogP contribution is 2.42. The van der Waals surface area contributed by atoms with Gasteiger partial charge in [-0.1, -0.05) is 55.3 Å². The third kappa shape index (κ3) is 4.95. The van der Waals surface area contributed by atoms with Crippen LogP contribution >= 0.6 is 45.8 Å². The zero-order chi connectivity index (χ0) is 19.9. The second kappa shape index (κ2) is 10.1. The van der Waals surface area contributed by atoms with Gasteiger partial charge in [0.25, 0.3) is 0 Å². The van der Waals surface area contributed by atoms with E-state index in [0.717, 1.165) is 0 Å². The lowest BCUT2D eigenvalue weighted by molar-refractivity contribution is 1.72. The summed E-state index contributed by atoms with van der Waals surface area (Å²) < 4.78 is 2.71. The Hall–Kier alpha value is -1.85. The quantitative estimate of drug-likeness (QED) is 0.315. The second-order valence-corrected chi connectivity index (χ2v) is 10.1. The van der Waals surface area contributed by atoms with Gasteiger partial charge in [-0.3, -0.25) is 0 Å². The van der Waals surface area contributed by atoms with E-state index in [1.54, 1.807) is 11.8 Å². The van der Waals surface area contributed by atoms with Crippen molar-refractivity contribution in [3.05, 3.63) is 93.9 Å². The molecule has 0 aliphatic heterocycles. The lowest BCUT2D eigenvalue weighted by Crippen LogP contribution is -1.71. The van der Waals surface area contributed by atoms with Gasteiger partial charge in [0.1, 0.15) is 0 Å². The Kier molecular flexibility index (Phi) is 7.51. The molecule has 28 heavy (non-hydrogen) atoms. The number of hydrogen-bond acceptors (Lipinski definition) is 4. The van der Waals surface area contributed by atoms with Crippen LogP contribution in [0.1, 0.15) is 23.6 Å². The Bertz CT molecular complexity index is 1060. The molecule has 4 heteroatoms. The average molecular weight is 439 g/mol. The third-order valence-electron chi connectivity index (χ3n) is 4.00. The van der Waals surface area contributed by atoms with Gasteiger partial charge in [-0.05, 0) is 61.2 Å². The van der Waals surface area contributed by atoms with Crippen molar-refractivity contribution in [3.63, 3.8) is 0 Å². The minimum atomic E-state index is 1.21. The summed E-state index contributed by atoms with van der Waals surface area (Å²) in [6, 6.07) is 9.05. The van der Waals surface area contributed by atoms with Crippen molar-refractivity contribution in [2.45, 2.75) is 13.8 Å². The standard InChI is InChI=1S/C24H22S4/c1-5-9-10-17(6-2)20-13-14-21(27-20)23-16-24-22(28-23)15-19(26-24)12-11-18(7-3)25-8-4/h5-16H,1,4H2,2-3H3/b10-9-,12-11+,17-6+,18-7-. The normalized spacial score (nSPS) is 13.2. The molecule has 3 rings (SSSR count). The first-order valence-corrected chi connectivity index (χ1v) is 12.2. The zero-order valence-electron chi connectivity index (χ0n) is 16.0. The summed E-state index contributed by atoms with van der Waals surface area (Å²) >= 11 is 7.20. The highest BCUT2D eigenvalue weighted by atomic mass is 32.2. The van der Waals surface area contributed by atoms with Crippen LogP contribution in [-0.4, -0.2) is 0 Å². The predicted molar refractivity (Wildman–Crippen MR) is 137 cm³/mol. The van der Waals surface area contributed by atoms with Crippen molar-refractivity contribution >= 4 is 66.8 Å². The number of fused-ring (bicyclic) bond motifs is 1. The molecule has 0 unspecified atom stereocenters. The number of thiophene rings is 3. The van der Waals surface area contributed by atoms with Crippen LogP contribution in [0.15, 0.2) is 84.2 Å². The van der Waals surface area contributed by atoms with E-state index in [2.05, 4.69) is 81.7 Å². The predicted octanol–water partition coefficient (Wildman–Crippen LogP) is 9.63. The molecule has 3 aromatic rings. The van der Waals surface area contributed by atoms with Crippen LogP contribution in [0.2, 0.25) is 0 Å². The van der Waals surface area contributed by atoms with Gasteiger partial charge in [0.2, 0.25) is 0 Å². The number of hydrogen-bond donors (Lipinski definition) is 0. The molecule has 0 fully saturated rings. The van der Waals surface area contributed by atoms with Crippen LogP contribution in [0.5, 0.6) is 0 Å². The topological polar surface area (TPSA) is 0 Å². The summed E-state index contributed by atoms with van der Waals surface area (Å²) in [5.74, 6) is 0. The zero-order valence-corrected chi connectivity index (χ0v) is 19.2. The molecule has 0 spiro atoms. The molecule has 142 valence electrons. The Balaban J connectivity index is 1.82. The molecule has 3 aromatic heterocycles. The van der Waals surface area contributed by atoms with Crippen LogP contribution in [0, 0.1) is 0 Å². The van der Waals surface area contributed by atoms with Gasteiger partial charge in [-0.25, -0.2) is 0 Å². The lowest BCUT2D eigenvalue weighted by atomic mass is 10.2. The average Bonchev–Trinajstić information content (AvgIpc) is 3.40. The molecule has 0 amide bonds. The van der Waals surface area contributed by atoms with Gasteiger partial charge in [-0.15, -0.1) is 34.0 Å². The van der Waals surface area contributed by atoms with E-state index in [9.17, 15) is 0 Å². The Morgan fingerprint density at radius 1 is 0.929 bits per heavy atom. The molecule has 0 atom stereocenters. The van der Waals surface area contributed by atoms with Gasteiger partial charge >= 0.3 is 0 Å². The highest BCUT2D eigenvalue weighted by molar-refractivity contribution is 8.06. The molecule has 0 N–H and O–H groups in total. The smallest absolute Gasteiger partial charge is 0.0463 e. The van der Waals surface area contributed by atoms with E-state index in [1.165, 1.54) is 39.4 Å². The molecule has 0 nitrogen and oxygen atoms in total. The molecule has 0 saturated carbocycles. The van der Waals surface area contributed by atoms with E-state index in [-0.39, 0.29) is 0 Å². The Morgan fingerprint density at radius 3 is 2.43 bits per heavy atom. The van der Waals surface area contributed by atoms with Crippen molar-refractivity contribution in [2.24, 2.45) is 0 Å². The maximum atomic E-state index is 3.78. The summed E-state index contributed by atoms with van der Waals surface area (Å²) in [5, 5.41) is 1.86. The van der Waals surface area contributed by atoms with Crippen LogP contribution in [0.3, 0.4) is 0 Å². The van der Waals surface area contributed by atoms with Crippen molar-refractivity contribution in [1.82, 2.24) is 0 Å². The third-order valence-corrected chi connectivity index (χ3v) is 8.40. The summed E-state index contributed by atoms with van der Waals surface area (Å²) in [6.45, 7) is 11.7. The maximum Gasteiger partial charge on any atom is 0.0463 e. The Labute approximate surface area is 183 Å². The van der Waals surface area contributed by atoms with E-state index >= 15 is 0 Å². The highest BCUT2D eigenvalue weighted by Gasteiger charge is 2.10. The first-order chi connectivity index (χ1) is 13.7. The van der Waals surface area contributed by atoms with Gasteiger partial charge < -0.3 is 0 Å². The lowest BCUT2D eigenvalue weighted by Gasteiger charge is -1.96. The summed E-state index contributed by atoms with van der Waals surface area (Å²) in [7, 11) is 0. The van der Waals surface area contributed by atoms with Crippen LogP contribution < -0.4 is 0 Å². The molecular formula is C24H22S4. The minimum Gasteiger partial charge on any atom is -0.135 e. The molecular weight excluding hydrogens is 417 g/mol. The van der Waals surface area contributed by atoms with Crippen molar-refractivity contribution < 1.29 is 0 Å². The molecule has 0 saturated heterocycles. The summed E-state index contributed by atoms with van der Waals surface area (Å²) in [5.41, 5.74) is 1.24. The van der Waals surface area contributed by atoms with Gasteiger partial charge in [-0.2, -0.15) is 0 Å². The molecule has 3 heterocycles. The van der Waals surface area contributed by atoms with Crippen LogP contribution in [0.4, 0.5) is 0 Å². The molecule has 0 aliphatic carbocycles. The van der Waals surface area contributed by atoms with Crippen molar-refractivity contribution in [2.75, 3.05) is 0 Å². The first-order valence-electron chi connectivity index (χ1n) is 8.89. The van der Waals surface area contributed by atoms with Crippen LogP contribution in [0.25, 0.3) is 30.8 Å². The van der Waals surface area contributed by atoms with E-state index in [4.69, 9.17) is 0 Å². The minimum absolute atomic E-state index is 1.21. The first kappa shape index (κ1) is 20.9. The van der Waals surface area contributed by atoms with Gasteiger partial charge in [0.05, 0.1) is 0 Å². The number of allylic oxidation sites excluding steroid dienone is 7. The number of thioether (sulfide) groups is 1. The van der Waals surface area contributed by atoms with E-state index < -0.39 is 0 Å². The largest absolute Gasteiger partial charge is 0.135 e. The SMILES string of the molecule is C=C/C=C\C(=C/C)c1ccc(-c2cc3sc(/C=C/C(=C/C)SC=C)cc3s2)s1. The van der Waals surface area contributed by atoms with Gasteiger partial charge in [0, 0.05) is 33.8 Å². The fraction of sp³-hybridized carbons (Fsp3) is 0.0833. The fourth-order valence-corrected chi connectivity index (χ4v) is 6.57. The summed E-state index contributed by atoms with van der Waals surface area (Å²) in [6.07, 6.45) is 14.5. The second-order valence-electron chi connectivity index (χ2n) is 5.80.